The number of allylic oxidation sites excluding steroid dienone is 2. The van der Waals surface area contributed by atoms with Crippen molar-refractivity contribution in [1.82, 2.24) is 15.0 Å². The fourth-order valence-electron chi connectivity index (χ4n) is 8.37. The van der Waals surface area contributed by atoms with E-state index in [1.807, 2.05) is 36.4 Å². The van der Waals surface area contributed by atoms with E-state index in [4.69, 9.17) is 19.4 Å². The van der Waals surface area contributed by atoms with E-state index < -0.39 is 0 Å². The van der Waals surface area contributed by atoms with Crippen molar-refractivity contribution in [1.29, 1.82) is 0 Å². The normalized spacial score (nSPS) is 15.7. The van der Waals surface area contributed by atoms with Gasteiger partial charge < -0.3 is 9.32 Å². The van der Waals surface area contributed by atoms with Crippen LogP contribution in [0.5, 0.6) is 0 Å². The lowest BCUT2D eigenvalue weighted by Crippen LogP contribution is -2.28. The van der Waals surface area contributed by atoms with Gasteiger partial charge in [0, 0.05) is 39.1 Å². The second-order valence-electron chi connectivity index (χ2n) is 14.4. The molecule has 2 aromatic heterocycles. The molecular weight excluding hydrogens is 685 g/mol. The quantitative estimate of drug-likeness (QED) is 0.171. The Balaban J connectivity index is 1.06. The van der Waals surface area contributed by atoms with Gasteiger partial charge in [0.2, 0.25) is 0 Å². The number of fused-ring (bicyclic) bond motifs is 6. The summed E-state index contributed by atoms with van der Waals surface area (Å²) in [5, 5.41) is 2.09. The van der Waals surface area contributed by atoms with Crippen LogP contribution in [0.1, 0.15) is 11.5 Å². The molecule has 1 aliphatic carbocycles. The summed E-state index contributed by atoms with van der Waals surface area (Å²) in [6, 6.07) is 59.4. The second-order valence-corrected chi connectivity index (χ2v) is 14.4. The number of hydrogen-bond donors (Lipinski definition) is 0. The maximum absolute atomic E-state index is 6.19. The van der Waals surface area contributed by atoms with Gasteiger partial charge in [0.15, 0.2) is 17.5 Å². The van der Waals surface area contributed by atoms with Crippen molar-refractivity contribution in [2.45, 2.75) is 12.0 Å². The zero-order valence-electron chi connectivity index (χ0n) is 30.3. The summed E-state index contributed by atoms with van der Waals surface area (Å²) in [4.78, 5) is 18.2. The first-order valence-electron chi connectivity index (χ1n) is 19.0. The van der Waals surface area contributed by atoms with Crippen molar-refractivity contribution < 1.29 is 4.42 Å². The number of anilines is 2. The van der Waals surface area contributed by atoms with E-state index in [-0.39, 0.29) is 12.0 Å². The third-order valence-electron chi connectivity index (χ3n) is 11.1. The van der Waals surface area contributed by atoms with E-state index >= 15 is 0 Å². The molecule has 7 aromatic carbocycles. The molecular formula is C51H34N4O. The average molecular weight is 719 g/mol. The van der Waals surface area contributed by atoms with Crippen LogP contribution in [0.25, 0.3) is 78.4 Å². The van der Waals surface area contributed by atoms with Crippen molar-refractivity contribution in [2.75, 3.05) is 4.90 Å². The van der Waals surface area contributed by atoms with Crippen molar-refractivity contribution in [3.8, 4) is 56.4 Å². The van der Waals surface area contributed by atoms with Crippen LogP contribution in [0.2, 0.25) is 0 Å². The average Bonchev–Trinajstić information content (AvgIpc) is 3.83. The Hall–Kier alpha value is -7.37. The fourth-order valence-corrected chi connectivity index (χ4v) is 8.37. The Morgan fingerprint density at radius 2 is 1.00 bits per heavy atom. The minimum atomic E-state index is 0.144. The van der Waals surface area contributed by atoms with Gasteiger partial charge in [0.1, 0.15) is 11.2 Å². The molecule has 3 heterocycles. The lowest BCUT2D eigenvalue weighted by molar-refractivity contribution is 0.669. The first-order chi connectivity index (χ1) is 27.7. The van der Waals surface area contributed by atoms with Crippen molar-refractivity contribution >= 4 is 33.3 Å². The highest BCUT2D eigenvalue weighted by molar-refractivity contribution is 6.06. The predicted octanol–water partition coefficient (Wildman–Crippen LogP) is 12.8. The Bertz CT molecular complexity index is 2970. The molecule has 56 heavy (non-hydrogen) atoms. The molecule has 2 unspecified atom stereocenters. The molecule has 0 radical (unpaired) electrons. The zero-order valence-corrected chi connectivity index (χ0v) is 30.3. The highest BCUT2D eigenvalue weighted by Gasteiger charge is 2.39. The van der Waals surface area contributed by atoms with Gasteiger partial charge in [0.25, 0.3) is 0 Å². The molecule has 5 nitrogen and oxygen atoms in total. The van der Waals surface area contributed by atoms with Gasteiger partial charge in [-0.3, -0.25) is 0 Å². The monoisotopic (exact) mass is 718 g/mol. The number of nitrogens with zero attached hydrogens (tertiary/aromatic N) is 4. The number of furan rings is 1. The first kappa shape index (κ1) is 32.1. The zero-order chi connectivity index (χ0) is 37.0. The van der Waals surface area contributed by atoms with Crippen LogP contribution in [0.4, 0.5) is 11.4 Å². The molecule has 2 aliphatic rings. The number of para-hydroxylation sites is 3. The number of hydrogen-bond acceptors (Lipinski definition) is 5. The van der Waals surface area contributed by atoms with Crippen molar-refractivity contribution in [3.05, 3.63) is 200 Å². The highest BCUT2D eigenvalue weighted by atomic mass is 16.3. The second kappa shape index (κ2) is 13.2. The summed E-state index contributed by atoms with van der Waals surface area (Å²) in [5.41, 5.74) is 12.7. The molecule has 0 fully saturated rings. The highest BCUT2D eigenvalue weighted by Crippen LogP contribution is 2.51. The van der Waals surface area contributed by atoms with Gasteiger partial charge >= 0.3 is 0 Å². The molecule has 0 amide bonds. The van der Waals surface area contributed by atoms with E-state index in [0.29, 0.717) is 17.5 Å². The molecule has 5 heteroatoms. The molecule has 2 atom stereocenters. The standard InChI is InChI=1S/C51H34N4O/c1-3-12-33(13-4-1)34-22-24-35(25-23-34)36-26-28-37(29-27-36)49-52-50(38-30-31-47-44(32-38)41-17-8-10-21-46(41)56-47)54-51(53-49)43-19-11-18-42-40-16-7-9-20-45(40)55(48(42)43)39-14-5-2-6-15-39/h1-32,40,45H. The van der Waals surface area contributed by atoms with Gasteiger partial charge in [-0.2, -0.15) is 0 Å². The van der Waals surface area contributed by atoms with Gasteiger partial charge in [-0.25, -0.2) is 15.0 Å². The lowest BCUT2D eigenvalue weighted by Gasteiger charge is -2.29. The van der Waals surface area contributed by atoms with Gasteiger partial charge in [0.05, 0.1) is 11.7 Å². The van der Waals surface area contributed by atoms with E-state index in [1.54, 1.807) is 0 Å². The van der Waals surface area contributed by atoms with Crippen LogP contribution < -0.4 is 4.90 Å². The van der Waals surface area contributed by atoms with Crippen LogP contribution in [0, 0.1) is 0 Å². The molecule has 0 spiro atoms. The maximum atomic E-state index is 6.19. The van der Waals surface area contributed by atoms with Crippen molar-refractivity contribution in [2.24, 2.45) is 0 Å². The third-order valence-corrected chi connectivity index (χ3v) is 11.1. The van der Waals surface area contributed by atoms with Crippen LogP contribution >= 0.6 is 0 Å². The van der Waals surface area contributed by atoms with Crippen LogP contribution in [0.3, 0.4) is 0 Å². The molecule has 0 saturated carbocycles. The number of aromatic nitrogens is 3. The van der Waals surface area contributed by atoms with Crippen LogP contribution in [-0.4, -0.2) is 21.0 Å². The molecule has 0 bridgehead atoms. The molecule has 9 aromatic rings. The molecule has 264 valence electrons. The summed E-state index contributed by atoms with van der Waals surface area (Å²) in [6.07, 6.45) is 8.91. The molecule has 11 rings (SSSR count). The van der Waals surface area contributed by atoms with Crippen molar-refractivity contribution in [3.63, 3.8) is 0 Å². The number of rotatable bonds is 6. The van der Waals surface area contributed by atoms with E-state index in [0.717, 1.165) is 61.1 Å². The minimum absolute atomic E-state index is 0.144. The summed E-state index contributed by atoms with van der Waals surface area (Å²) in [7, 11) is 0. The predicted molar refractivity (Wildman–Crippen MR) is 228 cm³/mol. The smallest absolute Gasteiger partial charge is 0.166 e. The van der Waals surface area contributed by atoms with Gasteiger partial charge in [-0.1, -0.05) is 152 Å². The Morgan fingerprint density at radius 3 is 1.75 bits per heavy atom. The van der Waals surface area contributed by atoms with E-state index in [1.165, 1.54) is 16.7 Å². The molecule has 1 aliphatic heterocycles. The third kappa shape index (κ3) is 5.44. The Morgan fingerprint density at radius 1 is 0.429 bits per heavy atom. The summed E-state index contributed by atoms with van der Waals surface area (Å²) in [6.45, 7) is 0. The maximum Gasteiger partial charge on any atom is 0.166 e. The summed E-state index contributed by atoms with van der Waals surface area (Å²) < 4.78 is 6.19. The topological polar surface area (TPSA) is 55.1 Å². The van der Waals surface area contributed by atoms with Gasteiger partial charge in [-0.05, 0) is 70.3 Å². The first-order valence-corrected chi connectivity index (χ1v) is 19.0. The van der Waals surface area contributed by atoms with E-state index in [2.05, 4.69) is 163 Å². The lowest BCUT2D eigenvalue weighted by atomic mass is 9.91. The SMILES string of the molecule is C1=CC2c3cccc(-c4nc(-c5ccc(-c6ccc(-c7ccccc7)cc6)cc5)nc(-c5ccc6oc7ccccc7c6c5)n4)c3N(c3ccccc3)C2C=C1. The van der Waals surface area contributed by atoms with Crippen LogP contribution in [-0.2, 0) is 0 Å². The minimum Gasteiger partial charge on any atom is -0.456 e. The summed E-state index contributed by atoms with van der Waals surface area (Å²) in [5.74, 6) is 2.07. The Labute approximate surface area is 324 Å². The summed E-state index contributed by atoms with van der Waals surface area (Å²) >= 11 is 0. The number of benzene rings is 7. The Kier molecular flexibility index (Phi) is 7.56. The largest absolute Gasteiger partial charge is 0.456 e. The van der Waals surface area contributed by atoms with E-state index in [9.17, 15) is 0 Å². The molecule has 0 saturated heterocycles. The van der Waals surface area contributed by atoms with Gasteiger partial charge in [-0.15, -0.1) is 0 Å². The van der Waals surface area contributed by atoms with Crippen LogP contribution in [0.15, 0.2) is 199 Å². The molecule has 0 N–H and O–H groups in total. The fraction of sp³-hybridized carbons (Fsp3) is 0.0392.